The van der Waals surface area contributed by atoms with Gasteiger partial charge in [-0.05, 0) is 50.0 Å². The van der Waals surface area contributed by atoms with Gasteiger partial charge in [0.1, 0.15) is 12.4 Å². The van der Waals surface area contributed by atoms with Gasteiger partial charge in [-0.15, -0.1) is 0 Å². The molecule has 1 aliphatic rings. The Morgan fingerprint density at radius 2 is 2.24 bits per heavy atom. The van der Waals surface area contributed by atoms with E-state index in [0.717, 1.165) is 25.9 Å². The fourth-order valence-electron chi connectivity index (χ4n) is 2.43. The summed E-state index contributed by atoms with van der Waals surface area (Å²) in [7, 11) is 0. The molecule has 0 saturated carbocycles. The Morgan fingerprint density at radius 1 is 1.43 bits per heavy atom. The molecule has 112 valence electrons. The fraction of sp³-hybridized carbons (Fsp3) is 0.500. The summed E-state index contributed by atoms with van der Waals surface area (Å²) >= 11 is 0. The molecule has 1 aliphatic heterocycles. The minimum Gasteiger partial charge on any atom is -0.492 e. The van der Waals surface area contributed by atoms with Gasteiger partial charge in [-0.1, -0.05) is 6.07 Å². The largest absolute Gasteiger partial charge is 0.492 e. The molecule has 0 unspecified atom stereocenters. The van der Waals surface area contributed by atoms with E-state index < -0.39 is 0 Å². The van der Waals surface area contributed by atoms with Crippen molar-refractivity contribution in [3.8, 4) is 11.8 Å². The van der Waals surface area contributed by atoms with Crippen molar-refractivity contribution in [2.45, 2.75) is 19.3 Å². The van der Waals surface area contributed by atoms with Crippen molar-refractivity contribution >= 4 is 5.91 Å². The molecule has 1 amide bonds. The van der Waals surface area contributed by atoms with E-state index in [4.69, 9.17) is 10.00 Å². The molecule has 0 aromatic heterocycles. The van der Waals surface area contributed by atoms with Crippen molar-refractivity contribution in [1.29, 1.82) is 5.26 Å². The monoisotopic (exact) mass is 287 g/mol. The van der Waals surface area contributed by atoms with Gasteiger partial charge in [-0.25, -0.2) is 0 Å². The third-order valence-electron chi connectivity index (χ3n) is 3.59. The van der Waals surface area contributed by atoms with Crippen molar-refractivity contribution in [2.24, 2.45) is 5.92 Å². The van der Waals surface area contributed by atoms with Crippen LogP contribution in [0.5, 0.6) is 5.75 Å². The Bertz CT molecular complexity index is 504. The number of amides is 1. The minimum absolute atomic E-state index is 0.0938. The maximum absolute atomic E-state index is 11.8. The summed E-state index contributed by atoms with van der Waals surface area (Å²) in [5.74, 6) is 1.25. The molecule has 0 aliphatic carbocycles. The number of hydrogen-bond donors (Lipinski definition) is 2. The molecule has 1 saturated heterocycles. The summed E-state index contributed by atoms with van der Waals surface area (Å²) in [4.78, 5) is 11.8. The van der Waals surface area contributed by atoms with Crippen LogP contribution in [0.15, 0.2) is 24.3 Å². The van der Waals surface area contributed by atoms with Gasteiger partial charge in [0.25, 0.3) is 0 Å². The summed E-state index contributed by atoms with van der Waals surface area (Å²) in [5.41, 5.74) is 0.572. The van der Waals surface area contributed by atoms with Crippen LogP contribution < -0.4 is 15.4 Å². The molecule has 1 aromatic carbocycles. The van der Waals surface area contributed by atoms with E-state index >= 15 is 0 Å². The van der Waals surface area contributed by atoms with Crippen LogP contribution in [-0.4, -0.2) is 32.1 Å². The second-order valence-electron chi connectivity index (χ2n) is 5.24. The van der Waals surface area contributed by atoms with Crippen LogP contribution in [0.2, 0.25) is 0 Å². The normalized spacial score (nSPS) is 15.2. The first-order valence-electron chi connectivity index (χ1n) is 7.38. The first-order chi connectivity index (χ1) is 10.3. The topological polar surface area (TPSA) is 74.1 Å². The molecule has 0 bridgehead atoms. The number of nitriles is 1. The molecule has 1 heterocycles. The van der Waals surface area contributed by atoms with E-state index in [2.05, 4.69) is 16.7 Å². The number of hydrogen-bond acceptors (Lipinski definition) is 4. The molecule has 0 atom stereocenters. The highest BCUT2D eigenvalue weighted by Gasteiger charge is 2.16. The Labute approximate surface area is 125 Å². The number of carbonyl (C=O) groups excluding carboxylic acids is 1. The summed E-state index contributed by atoms with van der Waals surface area (Å²) in [6.07, 6.45) is 2.75. The summed E-state index contributed by atoms with van der Waals surface area (Å²) < 4.78 is 5.51. The smallest absolute Gasteiger partial charge is 0.220 e. The summed E-state index contributed by atoms with van der Waals surface area (Å²) in [6.45, 7) is 2.92. The van der Waals surface area contributed by atoms with Gasteiger partial charge < -0.3 is 15.4 Å². The van der Waals surface area contributed by atoms with Gasteiger partial charge in [0.05, 0.1) is 18.2 Å². The average Bonchev–Trinajstić information content (AvgIpc) is 2.53. The Kier molecular flexibility index (Phi) is 6.04. The molecular weight excluding hydrogens is 266 g/mol. The molecule has 5 nitrogen and oxygen atoms in total. The molecule has 0 spiro atoms. The predicted octanol–water partition coefficient (Wildman–Crippen LogP) is 1.44. The summed E-state index contributed by atoms with van der Waals surface area (Å²) in [6, 6.07) is 9.07. The van der Waals surface area contributed by atoms with Crippen LogP contribution in [0.4, 0.5) is 0 Å². The van der Waals surface area contributed by atoms with Gasteiger partial charge in [0, 0.05) is 6.42 Å². The van der Waals surface area contributed by atoms with Gasteiger partial charge in [0.15, 0.2) is 0 Å². The van der Waals surface area contributed by atoms with Crippen LogP contribution in [0.25, 0.3) is 0 Å². The second-order valence-corrected chi connectivity index (χ2v) is 5.24. The lowest BCUT2D eigenvalue weighted by Crippen LogP contribution is -2.33. The maximum atomic E-state index is 11.8. The Balaban J connectivity index is 1.62. The third-order valence-corrected chi connectivity index (χ3v) is 3.59. The van der Waals surface area contributed by atoms with Crippen molar-refractivity contribution in [3.63, 3.8) is 0 Å². The van der Waals surface area contributed by atoms with Crippen LogP contribution in [0.3, 0.4) is 0 Å². The highest BCUT2D eigenvalue weighted by Crippen LogP contribution is 2.15. The van der Waals surface area contributed by atoms with Crippen LogP contribution in [0, 0.1) is 17.2 Å². The van der Waals surface area contributed by atoms with Crippen molar-refractivity contribution in [3.05, 3.63) is 29.8 Å². The average molecular weight is 287 g/mol. The predicted molar refractivity (Wildman–Crippen MR) is 79.9 cm³/mol. The summed E-state index contributed by atoms with van der Waals surface area (Å²) in [5, 5.41) is 15.0. The molecule has 1 fully saturated rings. The number of rotatable bonds is 6. The van der Waals surface area contributed by atoms with Gasteiger partial charge in [-0.2, -0.15) is 5.26 Å². The van der Waals surface area contributed by atoms with E-state index in [-0.39, 0.29) is 5.91 Å². The lowest BCUT2D eigenvalue weighted by atomic mass is 9.94. The molecule has 0 radical (unpaired) electrons. The van der Waals surface area contributed by atoms with Crippen LogP contribution in [0.1, 0.15) is 24.8 Å². The van der Waals surface area contributed by atoms with Crippen LogP contribution >= 0.6 is 0 Å². The molecule has 21 heavy (non-hydrogen) atoms. The molecule has 2 N–H and O–H groups in total. The second kappa shape index (κ2) is 8.28. The Morgan fingerprint density at radius 3 is 3.00 bits per heavy atom. The Hall–Kier alpha value is -2.06. The number of piperidine rings is 1. The maximum Gasteiger partial charge on any atom is 0.220 e. The lowest BCUT2D eigenvalue weighted by molar-refractivity contribution is -0.122. The highest BCUT2D eigenvalue weighted by molar-refractivity contribution is 5.76. The number of carbonyl (C=O) groups is 1. The van der Waals surface area contributed by atoms with E-state index in [0.29, 0.717) is 36.8 Å². The van der Waals surface area contributed by atoms with Crippen molar-refractivity contribution in [1.82, 2.24) is 10.6 Å². The quantitative estimate of drug-likeness (QED) is 0.777. The van der Waals surface area contributed by atoms with Gasteiger partial charge >= 0.3 is 0 Å². The SMILES string of the molecule is N#Cc1cccc(OCCNC(=O)CC2CCNCC2)c1. The number of benzene rings is 1. The zero-order chi connectivity index (χ0) is 14.9. The number of ether oxygens (including phenoxy) is 1. The van der Waals surface area contributed by atoms with Gasteiger partial charge in [-0.3, -0.25) is 4.79 Å². The zero-order valence-corrected chi connectivity index (χ0v) is 12.1. The number of nitrogens with zero attached hydrogens (tertiary/aromatic N) is 1. The molecule has 2 rings (SSSR count). The lowest BCUT2D eigenvalue weighted by Gasteiger charge is -2.21. The molecular formula is C16H21N3O2. The van der Waals surface area contributed by atoms with Crippen molar-refractivity contribution in [2.75, 3.05) is 26.2 Å². The highest BCUT2D eigenvalue weighted by atomic mass is 16.5. The van der Waals surface area contributed by atoms with Gasteiger partial charge in [0.2, 0.25) is 5.91 Å². The van der Waals surface area contributed by atoms with E-state index in [1.807, 2.05) is 0 Å². The fourth-order valence-corrected chi connectivity index (χ4v) is 2.43. The van der Waals surface area contributed by atoms with E-state index in [1.165, 1.54) is 0 Å². The third kappa shape index (κ3) is 5.44. The van der Waals surface area contributed by atoms with Crippen molar-refractivity contribution < 1.29 is 9.53 Å². The first kappa shape index (κ1) is 15.3. The molecule has 1 aromatic rings. The van der Waals surface area contributed by atoms with E-state index in [9.17, 15) is 4.79 Å². The zero-order valence-electron chi connectivity index (χ0n) is 12.1. The first-order valence-corrected chi connectivity index (χ1v) is 7.38. The minimum atomic E-state index is 0.0938. The standard InChI is InChI=1S/C16H21N3O2/c17-12-14-2-1-3-15(10-14)21-9-8-19-16(20)11-13-4-6-18-7-5-13/h1-3,10,13,18H,4-9,11H2,(H,19,20). The molecule has 5 heteroatoms. The number of nitrogens with one attached hydrogen (secondary N) is 2. The van der Waals surface area contributed by atoms with Crippen LogP contribution in [-0.2, 0) is 4.79 Å². The van der Waals surface area contributed by atoms with E-state index in [1.54, 1.807) is 24.3 Å².